The number of rotatable bonds is 4. The molecule has 1 amide bonds. The summed E-state index contributed by atoms with van der Waals surface area (Å²) in [4.78, 5) is 12.4. The SMILES string of the molecule is CC(CO)(NC(=O)c1cc(N)ccc1Cl)c1ccccc1. The standard InChI is InChI=1S/C16H17ClN2O2/c1-16(10-20,11-5-3-2-4-6-11)19-15(21)13-9-12(18)7-8-14(13)17/h2-9,20H,10,18H2,1H3,(H,19,21). The fourth-order valence-corrected chi connectivity index (χ4v) is 2.25. The van der Waals surface area contributed by atoms with E-state index in [-0.39, 0.29) is 18.1 Å². The molecule has 0 aromatic heterocycles. The maximum Gasteiger partial charge on any atom is 0.253 e. The van der Waals surface area contributed by atoms with Gasteiger partial charge in [0.2, 0.25) is 0 Å². The minimum absolute atomic E-state index is 0.233. The Labute approximate surface area is 128 Å². The summed E-state index contributed by atoms with van der Waals surface area (Å²) in [5, 5.41) is 12.8. The van der Waals surface area contributed by atoms with E-state index >= 15 is 0 Å². The molecule has 0 saturated heterocycles. The predicted molar refractivity (Wildman–Crippen MR) is 84.2 cm³/mol. The van der Waals surface area contributed by atoms with Crippen molar-refractivity contribution in [3.8, 4) is 0 Å². The Morgan fingerprint density at radius 1 is 1.29 bits per heavy atom. The summed E-state index contributed by atoms with van der Waals surface area (Å²) in [5.74, 6) is -0.382. The number of halogens is 1. The molecular formula is C16H17ClN2O2. The quantitative estimate of drug-likeness (QED) is 0.760. The van der Waals surface area contributed by atoms with Crippen LogP contribution in [0.4, 0.5) is 5.69 Å². The first kappa shape index (κ1) is 15.4. The first-order valence-electron chi connectivity index (χ1n) is 6.50. The third kappa shape index (κ3) is 3.35. The summed E-state index contributed by atoms with van der Waals surface area (Å²) < 4.78 is 0. The van der Waals surface area contributed by atoms with E-state index in [1.165, 1.54) is 6.07 Å². The van der Waals surface area contributed by atoms with E-state index in [1.54, 1.807) is 19.1 Å². The molecule has 21 heavy (non-hydrogen) atoms. The van der Waals surface area contributed by atoms with Gasteiger partial charge in [0.05, 0.1) is 22.7 Å². The lowest BCUT2D eigenvalue weighted by Gasteiger charge is -2.29. The number of aliphatic hydroxyl groups is 1. The summed E-state index contributed by atoms with van der Waals surface area (Å²) in [6.07, 6.45) is 0. The van der Waals surface area contributed by atoms with Crippen molar-refractivity contribution in [2.24, 2.45) is 0 Å². The molecule has 0 aliphatic heterocycles. The van der Waals surface area contributed by atoms with Gasteiger partial charge in [0.25, 0.3) is 5.91 Å². The van der Waals surface area contributed by atoms with Crippen LogP contribution in [0.2, 0.25) is 5.02 Å². The van der Waals surface area contributed by atoms with Crippen molar-refractivity contribution in [2.75, 3.05) is 12.3 Å². The van der Waals surface area contributed by atoms with E-state index in [1.807, 2.05) is 30.3 Å². The van der Waals surface area contributed by atoms with Crippen LogP contribution in [0.5, 0.6) is 0 Å². The van der Waals surface area contributed by atoms with Gasteiger partial charge in [-0.2, -0.15) is 0 Å². The minimum Gasteiger partial charge on any atom is -0.399 e. The highest BCUT2D eigenvalue weighted by Crippen LogP contribution is 2.23. The zero-order valence-corrected chi connectivity index (χ0v) is 12.4. The first-order chi connectivity index (χ1) is 9.96. The average molecular weight is 305 g/mol. The van der Waals surface area contributed by atoms with Crippen molar-refractivity contribution in [1.29, 1.82) is 0 Å². The summed E-state index contributed by atoms with van der Waals surface area (Å²) in [7, 11) is 0. The van der Waals surface area contributed by atoms with E-state index in [2.05, 4.69) is 5.32 Å². The van der Waals surface area contributed by atoms with Crippen molar-refractivity contribution in [1.82, 2.24) is 5.32 Å². The van der Waals surface area contributed by atoms with Gasteiger partial charge in [-0.25, -0.2) is 0 Å². The number of amides is 1. The lowest BCUT2D eigenvalue weighted by molar-refractivity contribution is 0.0850. The molecule has 1 unspecified atom stereocenters. The minimum atomic E-state index is -0.897. The van der Waals surface area contributed by atoms with Gasteiger partial charge in [-0.15, -0.1) is 0 Å². The Morgan fingerprint density at radius 3 is 2.57 bits per heavy atom. The molecule has 4 nitrogen and oxygen atoms in total. The molecule has 2 aromatic rings. The van der Waals surface area contributed by atoms with Gasteiger partial charge in [-0.05, 0) is 30.7 Å². The topological polar surface area (TPSA) is 75.3 Å². The van der Waals surface area contributed by atoms with Gasteiger partial charge in [0, 0.05) is 5.69 Å². The Bertz CT molecular complexity index is 646. The molecular weight excluding hydrogens is 288 g/mol. The second-order valence-corrected chi connectivity index (χ2v) is 5.46. The molecule has 1 atom stereocenters. The Morgan fingerprint density at radius 2 is 1.95 bits per heavy atom. The highest BCUT2D eigenvalue weighted by Gasteiger charge is 2.28. The third-order valence-electron chi connectivity index (χ3n) is 3.35. The Kier molecular flexibility index (Phi) is 4.50. The monoisotopic (exact) mass is 304 g/mol. The van der Waals surface area contributed by atoms with Crippen LogP contribution in [0.3, 0.4) is 0 Å². The van der Waals surface area contributed by atoms with Crippen molar-refractivity contribution in [3.63, 3.8) is 0 Å². The molecule has 0 bridgehead atoms. The normalized spacial score (nSPS) is 13.5. The summed E-state index contributed by atoms with van der Waals surface area (Å²) >= 11 is 6.03. The maximum atomic E-state index is 12.4. The second-order valence-electron chi connectivity index (χ2n) is 5.05. The number of nitrogens with two attached hydrogens (primary N) is 1. The zero-order valence-electron chi connectivity index (χ0n) is 11.6. The van der Waals surface area contributed by atoms with Gasteiger partial charge >= 0.3 is 0 Å². The molecule has 2 aromatic carbocycles. The van der Waals surface area contributed by atoms with Crippen molar-refractivity contribution >= 4 is 23.2 Å². The van der Waals surface area contributed by atoms with E-state index in [0.29, 0.717) is 10.7 Å². The lowest BCUT2D eigenvalue weighted by atomic mass is 9.92. The molecule has 5 heteroatoms. The van der Waals surface area contributed by atoms with Gasteiger partial charge in [0.15, 0.2) is 0 Å². The molecule has 110 valence electrons. The van der Waals surface area contributed by atoms with E-state index in [0.717, 1.165) is 5.56 Å². The number of aliphatic hydroxyl groups excluding tert-OH is 1. The van der Waals surface area contributed by atoms with Crippen LogP contribution in [-0.2, 0) is 5.54 Å². The smallest absolute Gasteiger partial charge is 0.253 e. The number of hydrogen-bond donors (Lipinski definition) is 3. The fourth-order valence-electron chi connectivity index (χ4n) is 2.04. The van der Waals surface area contributed by atoms with Gasteiger partial charge < -0.3 is 16.2 Å². The summed E-state index contributed by atoms with van der Waals surface area (Å²) in [6, 6.07) is 14.0. The average Bonchev–Trinajstić information content (AvgIpc) is 2.50. The van der Waals surface area contributed by atoms with Crippen molar-refractivity contribution in [3.05, 3.63) is 64.7 Å². The van der Waals surface area contributed by atoms with Crippen LogP contribution >= 0.6 is 11.6 Å². The number of benzene rings is 2. The molecule has 4 N–H and O–H groups in total. The number of anilines is 1. The Hall–Kier alpha value is -2.04. The van der Waals surface area contributed by atoms with Crippen LogP contribution in [0.15, 0.2) is 48.5 Å². The zero-order chi connectivity index (χ0) is 15.5. The second kappa shape index (κ2) is 6.16. The molecule has 0 aliphatic rings. The highest BCUT2D eigenvalue weighted by molar-refractivity contribution is 6.34. The number of nitrogens with one attached hydrogen (secondary N) is 1. The largest absolute Gasteiger partial charge is 0.399 e. The van der Waals surface area contributed by atoms with E-state index in [9.17, 15) is 9.90 Å². The Balaban J connectivity index is 2.30. The summed E-state index contributed by atoms with van der Waals surface area (Å²) in [6.45, 7) is 1.52. The molecule has 0 heterocycles. The molecule has 0 saturated carbocycles. The van der Waals surface area contributed by atoms with E-state index in [4.69, 9.17) is 17.3 Å². The van der Waals surface area contributed by atoms with Crippen molar-refractivity contribution in [2.45, 2.75) is 12.5 Å². The molecule has 0 radical (unpaired) electrons. The van der Waals surface area contributed by atoms with E-state index < -0.39 is 5.54 Å². The van der Waals surface area contributed by atoms with Crippen LogP contribution < -0.4 is 11.1 Å². The van der Waals surface area contributed by atoms with Crippen LogP contribution in [0.25, 0.3) is 0 Å². The number of nitrogen functional groups attached to an aromatic ring is 1. The fraction of sp³-hybridized carbons (Fsp3) is 0.188. The molecule has 2 rings (SSSR count). The van der Waals surface area contributed by atoms with Gasteiger partial charge in [0.1, 0.15) is 0 Å². The number of carbonyl (C=O) groups is 1. The maximum absolute atomic E-state index is 12.4. The highest BCUT2D eigenvalue weighted by atomic mass is 35.5. The first-order valence-corrected chi connectivity index (χ1v) is 6.88. The molecule has 0 spiro atoms. The number of hydrogen-bond acceptors (Lipinski definition) is 3. The van der Waals surface area contributed by atoms with Gasteiger partial charge in [-0.1, -0.05) is 41.9 Å². The third-order valence-corrected chi connectivity index (χ3v) is 3.68. The predicted octanol–water partition coefficient (Wildman–Crippen LogP) is 2.56. The van der Waals surface area contributed by atoms with Crippen molar-refractivity contribution < 1.29 is 9.90 Å². The molecule has 0 aliphatic carbocycles. The van der Waals surface area contributed by atoms with Crippen LogP contribution in [0, 0.1) is 0 Å². The lowest BCUT2D eigenvalue weighted by Crippen LogP contribution is -2.46. The van der Waals surface area contributed by atoms with Crippen LogP contribution in [-0.4, -0.2) is 17.6 Å². The summed E-state index contributed by atoms with van der Waals surface area (Å²) in [5.41, 5.74) is 6.33. The van der Waals surface area contributed by atoms with Gasteiger partial charge in [-0.3, -0.25) is 4.79 Å². The number of carbonyl (C=O) groups excluding carboxylic acids is 1. The molecule has 0 fully saturated rings. The van der Waals surface area contributed by atoms with Crippen LogP contribution in [0.1, 0.15) is 22.8 Å².